The first kappa shape index (κ1) is 22.9. The van der Waals surface area contributed by atoms with E-state index >= 15 is 0 Å². The number of likely N-dealkylation sites (N-methyl/N-ethyl adjacent to an activating group) is 1. The highest BCUT2D eigenvalue weighted by molar-refractivity contribution is 7.89. The van der Waals surface area contributed by atoms with Crippen molar-refractivity contribution in [3.8, 4) is 5.75 Å². The number of amides is 1. The number of ether oxygens (including phenoxy) is 1. The molecular formula is C21H29N3O4S. The van der Waals surface area contributed by atoms with Gasteiger partial charge in [-0.05, 0) is 50.8 Å². The van der Waals surface area contributed by atoms with Crippen molar-refractivity contribution in [2.75, 3.05) is 39.1 Å². The lowest BCUT2D eigenvalue weighted by molar-refractivity contribution is 0.102. The van der Waals surface area contributed by atoms with E-state index in [1.807, 2.05) is 25.9 Å². The van der Waals surface area contributed by atoms with Crippen LogP contribution in [0, 0.1) is 0 Å². The fourth-order valence-corrected chi connectivity index (χ4v) is 3.64. The number of benzene rings is 2. The highest BCUT2D eigenvalue weighted by Crippen LogP contribution is 2.21. The van der Waals surface area contributed by atoms with Gasteiger partial charge in [0.1, 0.15) is 12.4 Å². The van der Waals surface area contributed by atoms with Gasteiger partial charge < -0.3 is 15.0 Å². The van der Waals surface area contributed by atoms with Crippen molar-refractivity contribution in [2.24, 2.45) is 0 Å². The van der Waals surface area contributed by atoms with E-state index in [2.05, 4.69) is 10.0 Å². The molecule has 0 saturated heterocycles. The predicted octanol–water partition coefficient (Wildman–Crippen LogP) is 2.96. The Kier molecular flexibility index (Phi) is 8.63. The number of para-hydroxylation sites is 1. The van der Waals surface area contributed by atoms with Crippen LogP contribution in [0.25, 0.3) is 0 Å². The van der Waals surface area contributed by atoms with Crippen LogP contribution in [-0.2, 0) is 10.0 Å². The summed E-state index contributed by atoms with van der Waals surface area (Å²) in [5.74, 6) is 0.121. The normalized spacial score (nSPS) is 11.4. The Morgan fingerprint density at radius 1 is 1.10 bits per heavy atom. The average Bonchev–Trinajstić information content (AvgIpc) is 2.68. The van der Waals surface area contributed by atoms with Gasteiger partial charge in [-0.3, -0.25) is 4.79 Å². The molecule has 2 aromatic carbocycles. The van der Waals surface area contributed by atoms with E-state index < -0.39 is 10.0 Å². The van der Waals surface area contributed by atoms with Crippen LogP contribution in [-0.4, -0.2) is 53.0 Å². The second-order valence-corrected chi connectivity index (χ2v) is 8.65. The molecule has 0 saturated carbocycles. The number of nitrogens with zero attached hydrogens (tertiary/aromatic N) is 1. The van der Waals surface area contributed by atoms with Crippen molar-refractivity contribution >= 4 is 21.6 Å². The maximum atomic E-state index is 12.7. The lowest BCUT2D eigenvalue weighted by Gasteiger charge is -2.14. The molecule has 0 aliphatic rings. The van der Waals surface area contributed by atoms with E-state index in [0.717, 1.165) is 19.4 Å². The molecular weight excluding hydrogens is 390 g/mol. The molecule has 1 amide bonds. The Morgan fingerprint density at radius 3 is 2.59 bits per heavy atom. The predicted molar refractivity (Wildman–Crippen MR) is 115 cm³/mol. The standard InChI is InChI=1S/C21H29N3O4S/c1-4-5-13-22-29(26,27)18-10-8-9-17(16-18)23-21(25)19-11-6-7-12-20(19)28-15-14-24(2)3/h6-12,16,22H,4-5,13-15H2,1-3H3,(H,23,25). The van der Waals surface area contributed by atoms with Crippen LogP contribution in [0.1, 0.15) is 30.1 Å². The summed E-state index contributed by atoms with van der Waals surface area (Å²) >= 11 is 0. The van der Waals surface area contributed by atoms with Crippen LogP contribution in [0.5, 0.6) is 5.75 Å². The third-order valence-electron chi connectivity index (χ3n) is 4.15. The van der Waals surface area contributed by atoms with Gasteiger partial charge in [-0.15, -0.1) is 0 Å². The minimum absolute atomic E-state index is 0.113. The zero-order chi connectivity index (χ0) is 21.3. The van der Waals surface area contributed by atoms with Crippen molar-refractivity contribution < 1.29 is 17.9 Å². The molecule has 0 bridgehead atoms. The first-order valence-corrected chi connectivity index (χ1v) is 11.1. The topological polar surface area (TPSA) is 87.7 Å². The first-order chi connectivity index (χ1) is 13.8. The summed E-state index contributed by atoms with van der Waals surface area (Å²) < 4.78 is 33.1. The summed E-state index contributed by atoms with van der Waals surface area (Å²) in [7, 11) is 0.275. The fraction of sp³-hybridized carbons (Fsp3) is 0.381. The highest BCUT2D eigenvalue weighted by Gasteiger charge is 2.16. The molecule has 0 aromatic heterocycles. The van der Waals surface area contributed by atoms with Crippen LogP contribution in [0.3, 0.4) is 0 Å². The van der Waals surface area contributed by atoms with Gasteiger partial charge in [-0.2, -0.15) is 0 Å². The number of sulfonamides is 1. The number of rotatable bonds is 11. The van der Waals surface area contributed by atoms with Crippen molar-refractivity contribution in [3.05, 3.63) is 54.1 Å². The lowest BCUT2D eigenvalue weighted by Crippen LogP contribution is -2.25. The molecule has 2 aromatic rings. The fourth-order valence-electron chi connectivity index (χ4n) is 2.52. The molecule has 0 radical (unpaired) electrons. The Balaban J connectivity index is 2.12. The summed E-state index contributed by atoms with van der Waals surface area (Å²) in [5.41, 5.74) is 0.789. The van der Waals surface area contributed by atoms with Crippen molar-refractivity contribution in [1.29, 1.82) is 0 Å². The van der Waals surface area contributed by atoms with E-state index in [1.54, 1.807) is 36.4 Å². The molecule has 0 aliphatic heterocycles. The molecule has 0 unspecified atom stereocenters. The number of anilines is 1. The summed E-state index contributed by atoms with van der Waals surface area (Å²) in [4.78, 5) is 14.8. The van der Waals surface area contributed by atoms with Gasteiger partial charge in [-0.1, -0.05) is 31.5 Å². The SMILES string of the molecule is CCCCNS(=O)(=O)c1cccc(NC(=O)c2ccccc2OCCN(C)C)c1. The van der Waals surface area contributed by atoms with Gasteiger partial charge in [0.25, 0.3) is 5.91 Å². The van der Waals surface area contributed by atoms with Crippen LogP contribution in [0.15, 0.2) is 53.4 Å². The molecule has 0 fully saturated rings. The summed E-state index contributed by atoms with van der Waals surface area (Å²) in [6.45, 7) is 3.55. The quantitative estimate of drug-likeness (QED) is 0.547. The van der Waals surface area contributed by atoms with Crippen molar-refractivity contribution in [2.45, 2.75) is 24.7 Å². The van der Waals surface area contributed by atoms with E-state index in [9.17, 15) is 13.2 Å². The summed E-state index contributed by atoms with van der Waals surface area (Å²) in [6.07, 6.45) is 1.66. The zero-order valence-electron chi connectivity index (χ0n) is 17.1. The molecule has 0 aliphatic carbocycles. The monoisotopic (exact) mass is 419 g/mol. The number of hydrogen-bond donors (Lipinski definition) is 2. The third kappa shape index (κ3) is 7.16. The van der Waals surface area contributed by atoms with E-state index in [0.29, 0.717) is 30.2 Å². The molecule has 158 valence electrons. The summed E-state index contributed by atoms with van der Waals surface area (Å²) in [6, 6.07) is 13.2. The van der Waals surface area contributed by atoms with E-state index in [4.69, 9.17) is 4.74 Å². The summed E-state index contributed by atoms with van der Waals surface area (Å²) in [5, 5.41) is 2.76. The maximum absolute atomic E-state index is 12.7. The van der Waals surface area contributed by atoms with Crippen LogP contribution >= 0.6 is 0 Å². The smallest absolute Gasteiger partial charge is 0.259 e. The van der Waals surface area contributed by atoms with Gasteiger partial charge in [0.15, 0.2) is 0 Å². The molecule has 2 N–H and O–H groups in total. The minimum Gasteiger partial charge on any atom is -0.491 e. The van der Waals surface area contributed by atoms with Crippen LogP contribution in [0.2, 0.25) is 0 Å². The Morgan fingerprint density at radius 2 is 1.86 bits per heavy atom. The zero-order valence-corrected chi connectivity index (χ0v) is 18.0. The van der Waals surface area contributed by atoms with E-state index in [1.165, 1.54) is 12.1 Å². The number of carbonyl (C=O) groups is 1. The van der Waals surface area contributed by atoms with Crippen molar-refractivity contribution in [3.63, 3.8) is 0 Å². The second-order valence-electron chi connectivity index (χ2n) is 6.88. The molecule has 0 spiro atoms. The minimum atomic E-state index is -3.61. The van der Waals surface area contributed by atoms with Gasteiger partial charge in [0, 0.05) is 18.8 Å². The first-order valence-electron chi connectivity index (χ1n) is 9.61. The molecule has 2 rings (SSSR count). The average molecular weight is 420 g/mol. The molecule has 0 atom stereocenters. The Bertz CT molecular complexity index is 914. The largest absolute Gasteiger partial charge is 0.491 e. The number of hydrogen-bond acceptors (Lipinski definition) is 5. The molecule has 8 heteroatoms. The van der Waals surface area contributed by atoms with E-state index in [-0.39, 0.29) is 10.8 Å². The van der Waals surface area contributed by atoms with Gasteiger partial charge in [0.05, 0.1) is 10.5 Å². The number of nitrogens with one attached hydrogen (secondary N) is 2. The molecule has 0 heterocycles. The van der Waals surface area contributed by atoms with Crippen LogP contribution in [0.4, 0.5) is 5.69 Å². The van der Waals surface area contributed by atoms with Crippen molar-refractivity contribution in [1.82, 2.24) is 9.62 Å². The maximum Gasteiger partial charge on any atom is 0.259 e. The number of unbranched alkanes of at least 4 members (excludes halogenated alkanes) is 1. The molecule has 29 heavy (non-hydrogen) atoms. The van der Waals surface area contributed by atoms with Gasteiger partial charge in [0.2, 0.25) is 10.0 Å². The Hall–Kier alpha value is -2.42. The van der Waals surface area contributed by atoms with Gasteiger partial charge >= 0.3 is 0 Å². The van der Waals surface area contributed by atoms with Gasteiger partial charge in [-0.25, -0.2) is 13.1 Å². The molecule has 7 nitrogen and oxygen atoms in total. The Labute approximate surface area is 173 Å². The highest BCUT2D eigenvalue weighted by atomic mass is 32.2. The second kappa shape index (κ2) is 10.9. The third-order valence-corrected chi connectivity index (χ3v) is 5.61. The van der Waals surface area contributed by atoms with Crippen LogP contribution < -0.4 is 14.8 Å². The number of carbonyl (C=O) groups excluding carboxylic acids is 1. The lowest BCUT2D eigenvalue weighted by atomic mass is 10.2.